The highest BCUT2D eigenvalue weighted by atomic mass is 16.5. The number of benzene rings is 1. The van der Waals surface area contributed by atoms with Gasteiger partial charge in [0.05, 0.1) is 24.5 Å². The Kier molecular flexibility index (Phi) is 3.79. The fourth-order valence-corrected chi connectivity index (χ4v) is 2.18. The Balaban J connectivity index is 2.57. The molecule has 0 spiro atoms. The lowest BCUT2D eigenvalue weighted by Gasteiger charge is -2.12. The van der Waals surface area contributed by atoms with Crippen molar-refractivity contribution in [3.8, 4) is 5.75 Å². The first-order chi connectivity index (χ1) is 9.43. The summed E-state index contributed by atoms with van der Waals surface area (Å²) in [5.41, 5.74) is 0.737. The molecule has 0 bridgehead atoms. The lowest BCUT2D eigenvalue weighted by atomic mass is 9.97. The van der Waals surface area contributed by atoms with Gasteiger partial charge in [-0.05, 0) is 24.6 Å². The van der Waals surface area contributed by atoms with Crippen LogP contribution in [0.5, 0.6) is 5.75 Å². The van der Waals surface area contributed by atoms with E-state index in [1.807, 2.05) is 13.0 Å². The van der Waals surface area contributed by atoms with Crippen LogP contribution in [0.4, 0.5) is 0 Å². The summed E-state index contributed by atoms with van der Waals surface area (Å²) < 4.78 is 9.80. The normalized spacial score (nSPS) is 12.3. The van der Waals surface area contributed by atoms with Crippen LogP contribution in [-0.4, -0.2) is 18.2 Å². The molecule has 2 rings (SSSR count). The maximum Gasteiger partial charge on any atom is 0.343 e. The van der Waals surface area contributed by atoms with Crippen LogP contribution in [0.15, 0.2) is 27.4 Å². The second-order valence-electron chi connectivity index (χ2n) is 4.83. The van der Waals surface area contributed by atoms with Crippen molar-refractivity contribution in [1.29, 1.82) is 0 Å². The van der Waals surface area contributed by atoms with Crippen LogP contribution in [0, 0.1) is 6.92 Å². The molecule has 1 atom stereocenters. The van der Waals surface area contributed by atoms with Crippen LogP contribution in [0.25, 0.3) is 11.0 Å². The van der Waals surface area contributed by atoms with Crippen molar-refractivity contribution in [2.75, 3.05) is 7.11 Å². The largest absolute Gasteiger partial charge is 0.507 e. The van der Waals surface area contributed by atoms with Crippen molar-refractivity contribution in [1.82, 2.24) is 0 Å². The lowest BCUT2D eigenvalue weighted by molar-refractivity contribution is -0.140. The fraction of sp³-hybridized carbons (Fsp3) is 0.333. The first-order valence-corrected chi connectivity index (χ1v) is 6.27. The monoisotopic (exact) mass is 276 g/mol. The number of aromatic hydroxyl groups is 1. The van der Waals surface area contributed by atoms with Gasteiger partial charge in [-0.25, -0.2) is 4.79 Å². The predicted octanol–water partition coefficient (Wildman–Crippen LogP) is 2.47. The summed E-state index contributed by atoms with van der Waals surface area (Å²) in [5, 5.41) is 10.7. The van der Waals surface area contributed by atoms with Crippen LogP contribution in [0.1, 0.15) is 30.4 Å². The molecular weight excluding hydrogens is 260 g/mol. The average molecular weight is 276 g/mol. The molecule has 0 radical (unpaired) electrons. The molecule has 5 heteroatoms. The molecule has 0 unspecified atom stereocenters. The van der Waals surface area contributed by atoms with Gasteiger partial charge in [0.25, 0.3) is 0 Å². The van der Waals surface area contributed by atoms with Gasteiger partial charge in [0.2, 0.25) is 0 Å². The summed E-state index contributed by atoms with van der Waals surface area (Å²) >= 11 is 0. The smallest absolute Gasteiger partial charge is 0.343 e. The summed E-state index contributed by atoms with van der Waals surface area (Å²) in [6.45, 7) is 3.53. The van der Waals surface area contributed by atoms with E-state index in [2.05, 4.69) is 4.74 Å². The maximum atomic E-state index is 12.0. The molecule has 1 heterocycles. The standard InChI is InChI=1S/C15H16O5/c1-8-4-5-10-11(6-8)20-15(18)13(14(10)17)9(2)7-12(16)19-3/h4-6,9,17H,7H2,1-3H3/t9-/m1/s1. The van der Waals surface area contributed by atoms with E-state index < -0.39 is 17.5 Å². The van der Waals surface area contributed by atoms with Gasteiger partial charge in [0.15, 0.2) is 0 Å². The molecule has 5 nitrogen and oxygen atoms in total. The van der Waals surface area contributed by atoms with E-state index in [9.17, 15) is 14.7 Å². The van der Waals surface area contributed by atoms with E-state index in [-0.39, 0.29) is 17.7 Å². The molecule has 0 saturated carbocycles. The summed E-state index contributed by atoms with van der Waals surface area (Å²) in [6, 6.07) is 5.19. The second-order valence-corrected chi connectivity index (χ2v) is 4.83. The molecule has 0 aliphatic heterocycles. The highest BCUT2D eigenvalue weighted by Crippen LogP contribution is 2.32. The van der Waals surface area contributed by atoms with Gasteiger partial charge in [-0.2, -0.15) is 0 Å². The lowest BCUT2D eigenvalue weighted by Crippen LogP contribution is -2.14. The molecule has 1 aromatic carbocycles. The molecule has 20 heavy (non-hydrogen) atoms. The molecular formula is C15H16O5. The number of carbonyl (C=O) groups excluding carboxylic acids is 1. The van der Waals surface area contributed by atoms with E-state index in [1.165, 1.54) is 7.11 Å². The SMILES string of the molecule is COC(=O)C[C@@H](C)c1c(O)c2ccc(C)cc2oc1=O. The third kappa shape index (κ3) is 2.52. The van der Waals surface area contributed by atoms with Gasteiger partial charge >= 0.3 is 11.6 Å². The van der Waals surface area contributed by atoms with Crippen molar-refractivity contribution in [3.63, 3.8) is 0 Å². The Morgan fingerprint density at radius 2 is 2.15 bits per heavy atom. The number of fused-ring (bicyclic) bond motifs is 1. The Morgan fingerprint density at radius 1 is 1.45 bits per heavy atom. The summed E-state index contributed by atoms with van der Waals surface area (Å²) in [4.78, 5) is 23.3. The first kappa shape index (κ1) is 14.1. The minimum atomic E-state index is -0.628. The Labute approximate surface area is 115 Å². The molecule has 1 aromatic heterocycles. The number of rotatable bonds is 3. The van der Waals surface area contributed by atoms with Gasteiger partial charge in [0, 0.05) is 5.92 Å². The summed E-state index contributed by atoms with van der Waals surface area (Å²) in [7, 11) is 1.28. The van der Waals surface area contributed by atoms with Crippen molar-refractivity contribution in [2.45, 2.75) is 26.2 Å². The second kappa shape index (κ2) is 5.36. The van der Waals surface area contributed by atoms with Crippen molar-refractivity contribution < 1.29 is 19.1 Å². The zero-order chi connectivity index (χ0) is 14.9. The highest BCUT2D eigenvalue weighted by Gasteiger charge is 2.22. The zero-order valence-corrected chi connectivity index (χ0v) is 11.6. The highest BCUT2D eigenvalue weighted by molar-refractivity contribution is 5.85. The third-order valence-electron chi connectivity index (χ3n) is 3.26. The van der Waals surface area contributed by atoms with Gasteiger partial charge in [0.1, 0.15) is 11.3 Å². The number of ether oxygens (including phenoxy) is 1. The number of esters is 1. The number of hydrogen-bond donors (Lipinski definition) is 1. The Morgan fingerprint density at radius 3 is 2.80 bits per heavy atom. The summed E-state index contributed by atoms with van der Waals surface area (Å²) in [5.74, 6) is -1.06. The van der Waals surface area contributed by atoms with Crippen molar-refractivity contribution >= 4 is 16.9 Å². The predicted molar refractivity (Wildman–Crippen MR) is 73.9 cm³/mol. The number of hydrogen-bond acceptors (Lipinski definition) is 5. The van der Waals surface area contributed by atoms with Crippen molar-refractivity contribution in [2.24, 2.45) is 0 Å². The molecule has 0 aliphatic carbocycles. The van der Waals surface area contributed by atoms with E-state index in [1.54, 1.807) is 19.1 Å². The van der Waals surface area contributed by atoms with Gasteiger partial charge < -0.3 is 14.3 Å². The molecule has 0 saturated heterocycles. The molecule has 0 fully saturated rings. The quantitative estimate of drug-likeness (QED) is 0.688. The first-order valence-electron chi connectivity index (χ1n) is 6.27. The minimum absolute atomic E-state index is 0.00614. The van der Waals surface area contributed by atoms with E-state index in [0.717, 1.165) is 5.56 Å². The number of methoxy groups -OCH3 is 1. The van der Waals surface area contributed by atoms with Crippen LogP contribution < -0.4 is 5.63 Å². The van der Waals surface area contributed by atoms with Crippen LogP contribution >= 0.6 is 0 Å². The van der Waals surface area contributed by atoms with Gasteiger partial charge in [-0.1, -0.05) is 13.0 Å². The van der Waals surface area contributed by atoms with Gasteiger partial charge in [-0.3, -0.25) is 4.79 Å². The van der Waals surface area contributed by atoms with E-state index >= 15 is 0 Å². The zero-order valence-electron chi connectivity index (χ0n) is 11.6. The third-order valence-corrected chi connectivity index (χ3v) is 3.26. The number of aryl methyl sites for hydroxylation is 1. The molecule has 1 N–H and O–H groups in total. The molecule has 2 aromatic rings. The van der Waals surface area contributed by atoms with E-state index in [0.29, 0.717) is 11.0 Å². The van der Waals surface area contributed by atoms with Crippen LogP contribution in [0.2, 0.25) is 0 Å². The summed E-state index contributed by atoms with van der Waals surface area (Å²) in [6.07, 6.45) is 0.00614. The number of carbonyl (C=O) groups is 1. The molecule has 0 aliphatic rings. The molecule has 0 amide bonds. The van der Waals surface area contributed by atoms with Crippen LogP contribution in [-0.2, 0) is 9.53 Å². The fourth-order valence-electron chi connectivity index (χ4n) is 2.18. The maximum absolute atomic E-state index is 12.0. The van der Waals surface area contributed by atoms with E-state index in [4.69, 9.17) is 4.42 Å². The topological polar surface area (TPSA) is 76.7 Å². The van der Waals surface area contributed by atoms with Gasteiger partial charge in [-0.15, -0.1) is 0 Å². The minimum Gasteiger partial charge on any atom is -0.507 e. The Hall–Kier alpha value is -2.30. The Bertz CT molecular complexity index is 714. The average Bonchev–Trinajstić information content (AvgIpc) is 2.37. The van der Waals surface area contributed by atoms with Crippen molar-refractivity contribution in [3.05, 3.63) is 39.7 Å². The van der Waals surface area contributed by atoms with Crippen LogP contribution in [0.3, 0.4) is 0 Å². The molecule has 106 valence electrons.